The standard InChI is InChI=1S/C18H13BrF2N6O2S/c19-11-3-6-14-23-12(7-15(28)26(14)8-11)9-30-18-25-24-16(27(18)22)10-1-4-13(5-2-10)29-17(20)21/h1-8,17H,9,22H2. The molecule has 0 atom stereocenters. The zero-order chi connectivity index (χ0) is 21.3. The van der Waals surface area contributed by atoms with E-state index >= 15 is 0 Å². The zero-order valence-electron chi connectivity index (χ0n) is 15.1. The topological polar surface area (TPSA) is 100 Å². The molecular formula is C18H13BrF2N6O2S. The summed E-state index contributed by atoms with van der Waals surface area (Å²) in [4.78, 5) is 16.8. The Labute approximate surface area is 180 Å². The highest BCUT2D eigenvalue weighted by Gasteiger charge is 2.14. The summed E-state index contributed by atoms with van der Waals surface area (Å²) in [5.41, 5.74) is 1.50. The number of benzene rings is 1. The van der Waals surface area contributed by atoms with Gasteiger partial charge in [-0.05, 0) is 52.3 Å². The molecule has 12 heteroatoms. The Morgan fingerprint density at radius 2 is 1.93 bits per heavy atom. The van der Waals surface area contributed by atoms with Crippen molar-refractivity contribution in [1.29, 1.82) is 0 Å². The first-order valence-corrected chi connectivity index (χ1v) is 10.2. The minimum absolute atomic E-state index is 0.0344. The van der Waals surface area contributed by atoms with Gasteiger partial charge in [0.05, 0.1) is 5.69 Å². The number of nitrogens with zero attached hydrogens (tertiary/aromatic N) is 5. The second-order valence-corrected chi connectivity index (χ2v) is 7.89. The number of pyridine rings is 1. The van der Waals surface area contributed by atoms with Crippen LogP contribution >= 0.6 is 27.7 Å². The molecule has 0 radical (unpaired) electrons. The van der Waals surface area contributed by atoms with Gasteiger partial charge in [0.25, 0.3) is 5.56 Å². The summed E-state index contributed by atoms with van der Waals surface area (Å²) in [6, 6.07) is 10.9. The normalized spacial score (nSPS) is 11.3. The van der Waals surface area contributed by atoms with Gasteiger partial charge in [-0.3, -0.25) is 9.20 Å². The van der Waals surface area contributed by atoms with Crippen molar-refractivity contribution in [1.82, 2.24) is 24.3 Å². The summed E-state index contributed by atoms with van der Waals surface area (Å²) < 4.78 is 32.4. The molecule has 0 aliphatic carbocycles. The summed E-state index contributed by atoms with van der Waals surface area (Å²) in [6.07, 6.45) is 1.65. The van der Waals surface area contributed by atoms with Crippen molar-refractivity contribution in [2.24, 2.45) is 0 Å². The smallest absolute Gasteiger partial charge is 0.387 e. The zero-order valence-corrected chi connectivity index (χ0v) is 17.5. The van der Waals surface area contributed by atoms with E-state index in [2.05, 4.69) is 35.8 Å². The van der Waals surface area contributed by atoms with Gasteiger partial charge in [0.15, 0.2) is 5.82 Å². The average molecular weight is 495 g/mol. The Hall–Kier alpha value is -2.99. The largest absolute Gasteiger partial charge is 0.435 e. The quantitative estimate of drug-likeness (QED) is 0.324. The summed E-state index contributed by atoms with van der Waals surface area (Å²) in [6.45, 7) is -2.89. The van der Waals surface area contributed by atoms with Crippen molar-refractivity contribution in [3.05, 3.63) is 69.2 Å². The van der Waals surface area contributed by atoms with Crippen molar-refractivity contribution in [3.8, 4) is 17.1 Å². The van der Waals surface area contributed by atoms with E-state index in [1.807, 2.05) is 0 Å². The van der Waals surface area contributed by atoms with Gasteiger partial charge in [-0.25, -0.2) is 9.66 Å². The van der Waals surface area contributed by atoms with Gasteiger partial charge in [0, 0.05) is 28.1 Å². The molecule has 0 fully saturated rings. The Kier molecular flexibility index (Phi) is 5.68. The predicted octanol–water partition coefficient (Wildman–Crippen LogP) is 3.32. The van der Waals surface area contributed by atoms with E-state index in [-0.39, 0.29) is 11.3 Å². The molecular weight excluding hydrogens is 482 g/mol. The molecule has 0 aliphatic rings. The SMILES string of the molecule is Nn1c(SCc2cc(=O)n3cc(Br)ccc3n2)nnc1-c1ccc(OC(F)F)cc1. The van der Waals surface area contributed by atoms with Crippen LogP contribution in [0.15, 0.2) is 63.1 Å². The molecule has 4 aromatic rings. The molecule has 30 heavy (non-hydrogen) atoms. The predicted molar refractivity (Wildman–Crippen MR) is 111 cm³/mol. The van der Waals surface area contributed by atoms with Crippen LogP contribution in [0.25, 0.3) is 17.0 Å². The molecule has 8 nitrogen and oxygen atoms in total. The Morgan fingerprint density at radius 3 is 2.67 bits per heavy atom. The molecule has 0 unspecified atom stereocenters. The molecule has 0 aliphatic heterocycles. The second kappa shape index (κ2) is 8.40. The lowest BCUT2D eigenvalue weighted by atomic mass is 10.2. The van der Waals surface area contributed by atoms with Crippen LogP contribution in [0.2, 0.25) is 0 Å². The van der Waals surface area contributed by atoms with Crippen LogP contribution in [0.3, 0.4) is 0 Å². The fourth-order valence-electron chi connectivity index (χ4n) is 2.70. The Balaban J connectivity index is 1.51. The number of halogens is 3. The van der Waals surface area contributed by atoms with Crippen LogP contribution in [-0.4, -0.2) is 30.9 Å². The van der Waals surface area contributed by atoms with Crippen LogP contribution < -0.4 is 16.1 Å². The van der Waals surface area contributed by atoms with Crippen molar-refractivity contribution >= 4 is 33.3 Å². The van der Waals surface area contributed by atoms with Crippen LogP contribution in [0.5, 0.6) is 5.75 Å². The lowest BCUT2D eigenvalue weighted by molar-refractivity contribution is -0.0498. The van der Waals surface area contributed by atoms with E-state index in [1.54, 1.807) is 30.5 Å². The summed E-state index contributed by atoms with van der Waals surface area (Å²) >= 11 is 4.59. The van der Waals surface area contributed by atoms with Crippen molar-refractivity contribution < 1.29 is 13.5 Å². The molecule has 3 heterocycles. The van der Waals surface area contributed by atoms with Crippen molar-refractivity contribution in [3.63, 3.8) is 0 Å². The second-order valence-electron chi connectivity index (χ2n) is 6.03. The van der Waals surface area contributed by atoms with E-state index in [0.29, 0.717) is 33.6 Å². The first kappa shape index (κ1) is 20.3. The number of fused-ring (bicyclic) bond motifs is 1. The highest BCUT2D eigenvalue weighted by molar-refractivity contribution is 9.10. The summed E-state index contributed by atoms with van der Waals surface area (Å²) in [5.74, 6) is 6.84. The summed E-state index contributed by atoms with van der Waals surface area (Å²) in [5, 5.41) is 8.52. The van der Waals surface area contributed by atoms with Gasteiger partial charge in [0.1, 0.15) is 11.4 Å². The monoisotopic (exact) mass is 494 g/mol. The van der Waals surface area contributed by atoms with Gasteiger partial charge < -0.3 is 10.6 Å². The van der Waals surface area contributed by atoms with Crippen LogP contribution in [-0.2, 0) is 5.75 Å². The number of thioether (sulfide) groups is 1. The Bertz CT molecular complexity index is 1260. The van der Waals surface area contributed by atoms with E-state index < -0.39 is 6.61 Å². The van der Waals surface area contributed by atoms with E-state index in [1.165, 1.54) is 39.0 Å². The number of nitrogens with two attached hydrogens (primary N) is 1. The maximum atomic E-state index is 12.3. The fraction of sp³-hybridized carbons (Fsp3) is 0.111. The van der Waals surface area contributed by atoms with Gasteiger partial charge in [-0.1, -0.05) is 11.8 Å². The molecule has 0 amide bonds. The molecule has 0 spiro atoms. The maximum Gasteiger partial charge on any atom is 0.387 e. The lowest BCUT2D eigenvalue weighted by Gasteiger charge is -2.06. The number of alkyl halides is 2. The van der Waals surface area contributed by atoms with Crippen LogP contribution in [0.1, 0.15) is 5.69 Å². The number of hydrogen-bond donors (Lipinski definition) is 1. The number of rotatable bonds is 6. The molecule has 0 saturated heterocycles. The third kappa shape index (κ3) is 4.28. The first-order chi connectivity index (χ1) is 14.4. The summed E-state index contributed by atoms with van der Waals surface area (Å²) in [7, 11) is 0. The van der Waals surface area contributed by atoms with Crippen molar-refractivity contribution in [2.45, 2.75) is 17.5 Å². The van der Waals surface area contributed by atoms with Gasteiger partial charge in [0.2, 0.25) is 5.16 Å². The first-order valence-electron chi connectivity index (χ1n) is 8.47. The van der Waals surface area contributed by atoms with Crippen LogP contribution in [0.4, 0.5) is 8.78 Å². The number of hydrogen-bond acceptors (Lipinski definition) is 7. The van der Waals surface area contributed by atoms with E-state index in [9.17, 15) is 13.6 Å². The minimum Gasteiger partial charge on any atom is -0.435 e. The fourth-order valence-corrected chi connectivity index (χ4v) is 3.78. The highest BCUT2D eigenvalue weighted by Crippen LogP contribution is 2.25. The van der Waals surface area contributed by atoms with Gasteiger partial charge >= 0.3 is 6.61 Å². The highest BCUT2D eigenvalue weighted by atomic mass is 79.9. The molecule has 154 valence electrons. The maximum absolute atomic E-state index is 12.3. The van der Waals surface area contributed by atoms with Gasteiger partial charge in [-0.2, -0.15) is 8.78 Å². The molecule has 0 saturated carbocycles. The lowest BCUT2D eigenvalue weighted by Crippen LogP contribution is -2.15. The number of nitrogen functional groups attached to an aromatic ring is 1. The molecule has 2 N–H and O–H groups in total. The third-order valence-corrected chi connectivity index (χ3v) is 5.47. The van der Waals surface area contributed by atoms with Crippen molar-refractivity contribution in [2.75, 3.05) is 5.84 Å². The molecule has 4 rings (SSSR count). The average Bonchev–Trinajstić information content (AvgIpc) is 3.07. The molecule has 0 bridgehead atoms. The third-order valence-electron chi connectivity index (χ3n) is 4.03. The number of aromatic nitrogens is 5. The minimum atomic E-state index is -2.89. The Morgan fingerprint density at radius 1 is 1.17 bits per heavy atom. The van der Waals surface area contributed by atoms with Gasteiger partial charge in [-0.15, -0.1) is 10.2 Å². The van der Waals surface area contributed by atoms with E-state index in [4.69, 9.17) is 5.84 Å². The molecule has 1 aromatic carbocycles. The van der Waals surface area contributed by atoms with Crippen LogP contribution in [0, 0.1) is 0 Å². The number of ether oxygens (including phenoxy) is 1. The van der Waals surface area contributed by atoms with E-state index in [0.717, 1.165) is 4.47 Å². The molecule has 3 aromatic heterocycles.